The fourth-order valence-corrected chi connectivity index (χ4v) is 2.23. The number of carbonyl (C=O) groups is 2. The highest BCUT2D eigenvalue weighted by Crippen LogP contribution is 2.17. The van der Waals surface area contributed by atoms with Crippen molar-refractivity contribution < 1.29 is 19.1 Å². The Bertz CT molecular complexity index is 647. The van der Waals surface area contributed by atoms with E-state index in [4.69, 9.17) is 4.74 Å². The van der Waals surface area contributed by atoms with Crippen LogP contribution in [-0.2, 0) is 27.4 Å². The van der Waals surface area contributed by atoms with E-state index in [2.05, 4.69) is 4.74 Å². The molecular weight excluding hydrogens is 292 g/mol. The fraction of sp³-hybridized carbons (Fsp3) is 0.263. The molecule has 2 aromatic rings. The Hall–Kier alpha value is -2.62. The standard InChI is InChI=1S/C19H20O4/c1-14(20)18(19(21)22-2)12-15-8-10-17(11-9-15)23-13-16-6-4-3-5-7-16/h3-11,18H,12-13H2,1-2H3. The van der Waals surface area contributed by atoms with Crippen LogP contribution >= 0.6 is 0 Å². The van der Waals surface area contributed by atoms with Crippen LogP contribution in [0.15, 0.2) is 54.6 Å². The number of benzene rings is 2. The Balaban J connectivity index is 1.96. The van der Waals surface area contributed by atoms with Gasteiger partial charge < -0.3 is 9.47 Å². The van der Waals surface area contributed by atoms with Crippen LogP contribution in [0.3, 0.4) is 0 Å². The molecule has 1 atom stereocenters. The van der Waals surface area contributed by atoms with Gasteiger partial charge in [-0.1, -0.05) is 42.5 Å². The van der Waals surface area contributed by atoms with E-state index in [0.29, 0.717) is 13.0 Å². The zero-order chi connectivity index (χ0) is 16.7. The van der Waals surface area contributed by atoms with Crippen molar-refractivity contribution >= 4 is 11.8 Å². The van der Waals surface area contributed by atoms with E-state index < -0.39 is 11.9 Å². The predicted molar refractivity (Wildman–Crippen MR) is 87.1 cm³/mol. The van der Waals surface area contributed by atoms with Crippen LogP contribution in [0.1, 0.15) is 18.1 Å². The third-order valence-corrected chi connectivity index (χ3v) is 3.59. The third kappa shape index (κ3) is 4.95. The van der Waals surface area contributed by atoms with Gasteiger partial charge in [0.05, 0.1) is 7.11 Å². The molecule has 2 aromatic carbocycles. The summed E-state index contributed by atoms with van der Waals surface area (Å²) in [5, 5.41) is 0. The van der Waals surface area contributed by atoms with E-state index in [1.807, 2.05) is 54.6 Å². The van der Waals surface area contributed by atoms with Crippen molar-refractivity contribution in [2.24, 2.45) is 5.92 Å². The second-order valence-electron chi connectivity index (χ2n) is 5.31. The van der Waals surface area contributed by atoms with Crippen molar-refractivity contribution in [3.05, 3.63) is 65.7 Å². The van der Waals surface area contributed by atoms with Gasteiger partial charge in [-0.15, -0.1) is 0 Å². The zero-order valence-corrected chi connectivity index (χ0v) is 13.3. The number of rotatable bonds is 7. The number of Topliss-reactive ketones (excluding diaryl/α,β-unsaturated/α-hetero) is 1. The van der Waals surface area contributed by atoms with Gasteiger partial charge in [-0.2, -0.15) is 0 Å². The van der Waals surface area contributed by atoms with Crippen molar-refractivity contribution in [2.75, 3.05) is 7.11 Å². The third-order valence-electron chi connectivity index (χ3n) is 3.59. The molecule has 0 N–H and O–H groups in total. The Morgan fingerprint density at radius 2 is 1.61 bits per heavy atom. The van der Waals surface area contributed by atoms with Crippen LogP contribution < -0.4 is 4.74 Å². The van der Waals surface area contributed by atoms with Crippen molar-refractivity contribution in [2.45, 2.75) is 20.0 Å². The number of hydrogen-bond donors (Lipinski definition) is 0. The number of hydrogen-bond acceptors (Lipinski definition) is 4. The highest BCUT2D eigenvalue weighted by atomic mass is 16.5. The van der Waals surface area contributed by atoms with E-state index in [-0.39, 0.29) is 5.78 Å². The van der Waals surface area contributed by atoms with Crippen LogP contribution in [0, 0.1) is 5.92 Å². The van der Waals surface area contributed by atoms with E-state index in [1.165, 1.54) is 14.0 Å². The highest BCUT2D eigenvalue weighted by Gasteiger charge is 2.24. The molecule has 0 amide bonds. The van der Waals surface area contributed by atoms with Gasteiger partial charge >= 0.3 is 5.97 Å². The molecule has 4 nitrogen and oxygen atoms in total. The smallest absolute Gasteiger partial charge is 0.316 e. The summed E-state index contributed by atoms with van der Waals surface area (Å²) in [6.07, 6.45) is 0.334. The molecule has 0 aliphatic heterocycles. The topological polar surface area (TPSA) is 52.6 Å². The first-order chi connectivity index (χ1) is 11.1. The average molecular weight is 312 g/mol. The summed E-state index contributed by atoms with van der Waals surface area (Å²) < 4.78 is 10.4. The highest BCUT2D eigenvalue weighted by molar-refractivity contribution is 5.97. The lowest BCUT2D eigenvalue weighted by Gasteiger charge is -2.12. The lowest BCUT2D eigenvalue weighted by molar-refractivity contribution is -0.148. The lowest BCUT2D eigenvalue weighted by atomic mass is 9.96. The summed E-state index contributed by atoms with van der Waals surface area (Å²) in [4.78, 5) is 23.2. The molecule has 0 saturated heterocycles. The first kappa shape index (κ1) is 16.7. The Kier molecular flexibility index (Phi) is 5.92. The second kappa shape index (κ2) is 8.13. The summed E-state index contributed by atoms with van der Waals surface area (Å²) in [7, 11) is 1.29. The molecule has 120 valence electrons. The fourth-order valence-electron chi connectivity index (χ4n) is 2.23. The first-order valence-corrected chi connectivity index (χ1v) is 7.44. The normalized spacial score (nSPS) is 11.6. The van der Waals surface area contributed by atoms with E-state index in [9.17, 15) is 9.59 Å². The minimum absolute atomic E-state index is 0.193. The van der Waals surface area contributed by atoms with Gasteiger partial charge in [0, 0.05) is 0 Å². The lowest BCUT2D eigenvalue weighted by Crippen LogP contribution is -2.25. The van der Waals surface area contributed by atoms with Gasteiger partial charge in [-0.05, 0) is 36.6 Å². The van der Waals surface area contributed by atoms with Crippen LogP contribution in [0.5, 0.6) is 5.75 Å². The SMILES string of the molecule is COC(=O)C(Cc1ccc(OCc2ccccc2)cc1)C(C)=O. The number of esters is 1. The first-order valence-electron chi connectivity index (χ1n) is 7.44. The van der Waals surface area contributed by atoms with Crippen LogP contribution in [0.4, 0.5) is 0 Å². The molecule has 0 saturated carbocycles. The van der Waals surface area contributed by atoms with Crippen molar-refractivity contribution in [1.29, 1.82) is 0 Å². The second-order valence-corrected chi connectivity index (χ2v) is 5.31. The van der Waals surface area contributed by atoms with E-state index in [1.54, 1.807) is 0 Å². The average Bonchev–Trinajstić information content (AvgIpc) is 2.59. The largest absolute Gasteiger partial charge is 0.489 e. The Morgan fingerprint density at radius 1 is 0.957 bits per heavy atom. The van der Waals surface area contributed by atoms with Gasteiger partial charge in [0.1, 0.15) is 24.1 Å². The molecule has 0 radical (unpaired) electrons. The van der Waals surface area contributed by atoms with Crippen LogP contribution in [0.25, 0.3) is 0 Å². The quantitative estimate of drug-likeness (QED) is 0.582. The molecule has 1 unspecified atom stereocenters. The van der Waals surface area contributed by atoms with Crippen LogP contribution in [-0.4, -0.2) is 18.9 Å². The molecule has 2 rings (SSSR count). The van der Waals surface area contributed by atoms with Gasteiger partial charge in [0.15, 0.2) is 0 Å². The monoisotopic (exact) mass is 312 g/mol. The Morgan fingerprint density at radius 3 is 2.17 bits per heavy atom. The molecular formula is C19H20O4. The van der Waals surface area contributed by atoms with Gasteiger partial charge in [0.2, 0.25) is 0 Å². The zero-order valence-electron chi connectivity index (χ0n) is 13.3. The van der Waals surface area contributed by atoms with Crippen LogP contribution in [0.2, 0.25) is 0 Å². The maximum Gasteiger partial charge on any atom is 0.316 e. The van der Waals surface area contributed by atoms with Crippen molar-refractivity contribution in [3.63, 3.8) is 0 Å². The maximum atomic E-state index is 11.6. The molecule has 23 heavy (non-hydrogen) atoms. The maximum absolute atomic E-state index is 11.6. The van der Waals surface area contributed by atoms with E-state index >= 15 is 0 Å². The summed E-state index contributed by atoms with van der Waals surface area (Å²) in [5.74, 6) is -0.700. The molecule has 0 bridgehead atoms. The minimum atomic E-state index is -0.754. The number of carbonyl (C=O) groups excluding carboxylic acids is 2. The Labute approximate surface area is 136 Å². The molecule has 4 heteroatoms. The molecule has 0 fully saturated rings. The predicted octanol–water partition coefficient (Wildman–Crippen LogP) is 3.19. The number of methoxy groups -OCH3 is 1. The summed E-state index contributed by atoms with van der Waals surface area (Å²) in [5.41, 5.74) is 1.99. The number of ether oxygens (including phenoxy) is 2. The molecule has 0 spiro atoms. The van der Waals surface area contributed by atoms with Gasteiger partial charge in [-0.3, -0.25) is 9.59 Å². The summed E-state index contributed by atoms with van der Waals surface area (Å²) in [6.45, 7) is 1.90. The summed E-state index contributed by atoms with van der Waals surface area (Å²) in [6, 6.07) is 17.3. The number of ketones is 1. The van der Waals surface area contributed by atoms with Crippen molar-refractivity contribution in [3.8, 4) is 5.75 Å². The van der Waals surface area contributed by atoms with Crippen molar-refractivity contribution in [1.82, 2.24) is 0 Å². The summed E-state index contributed by atoms with van der Waals surface area (Å²) >= 11 is 0. The van der Waals surface area contributed by atoms with Gasteiger partial charge in [0.25, 0.3) is 0 Å². The van der Waals surface area contributed by atoms with Gasteiger partial charge in [-0.25, -0.2) is 0 Å². The molecule has 0 aliphatic carbocycles. The molecule has 0 aromatic heterocycles. The molecule has 0 aliphatic rings. The van der Waals surface area contributed by atoms with E-state index in [0.717, 1.165) is 16.9 Å². The molecule has 0 heterocycles. The minimum Gasteiger partial charge on any atom is -0.489 e.